The van der Waals surface area contributed by atoms with Crippen molar-refractivity contribution < 1.29 is 4.74 Å². The fraction of sp³-hybridized carbons (Fsp3) is 0.0667. The van der Waals surface area contributed by atoms with E-state index in [0.717, 1.165) is 26.8 Å². The molecule has 21 heavy (non-hydrogen) atoms. The fourth-order valence-corrected chi connectivity index (χ4v) is 2.40. The molecule has 0 aliphatic heterocycles. The van der Waals surface area contributed by atoms with Crippen molar-refractivity contribution in [2.24, 2.45) is 0 Å². The summed E-state index contributed by atoms with van der Waals surface area (Å²) in [5.41, 5.74) is 9.15. The first kappa shape index (κ1) is 13.6. The molecule has 1 aromatic carbocycles. The van der Waals surface area contributed by atoms with Gasteiger partial charge in [-0.3, -0.25) is 4.98 Å². The van der Waals surface area contributed by atoms with Gasteiger partial charge in [0.15, 0.2) is 0 Å². The van der Waals surface area contributed by atoms with E-state index >= 15 is 0 Å². The molecular weight excluding hydrogens is 332 g/mol. The van der Waals surface area contributed by atoms with Crippen molar-refractivity contribution in [1.29, 1.82) is 0 Å². The van der Waals surface area contributed by atoms with Gasteiger partial charge in [0.1, 0.15) is 0 Å². The first-order chi connectivity index (χ1) is 10.2. The SMILES string of the molecule is COc1ccc(Nc2c(N)cnc3ccc(Br)cc23)cn1. The predicted octanol–water partition coefficient (Wildman–Crippen LogP) is 3.73. The van der Waals surface area contributed by atoms with Crippen LogP contribution in [-0.4, -0.2) is 17.1 Å². The molecule has 0 saturated heterocycles. The molecule has 0 saturated carbocycles. The number of methoxy groups -OCH3 is 1. The highest BCUT2D eigenvalue weighted by Crippen LogP contribution is 2.32. The summed E-state index contributed by atoms with van der Waals surface area (Å²) in [5, 5.41) is 4.23. The van der Waals surface area contributed by atoms with Crippen LogP contribution in [0.5, 0.6) is 5.88 Å². The number of aromatic nitrogens is 2. The van der Waals surface area contributed by atoms with Crippen molar-refractivity contribution in [2.75, 3.05) is 18.2 Å². The molecule has 0 atom stereocenters. The smallest absolute Gasteiger partial charge is 0.213 e. The molecule has 106 valence electrons. The number of hydrogen-bond acceptors (Lipinski definition) is 5. The number of benzene rings is 1. The Morgan fingerprint density at radius 3 is 2.71 bits per heavy atom. The van der Waals surface area contributed by atoms with Gasteiger partial charge in [-0.15, -0.1) is 0 Å². The van der Waals surface area contributed by atoms with Crippen LogP contribution in [0.15, 0.2) is 47.2 Å². The summed E-state index contributed by atoms with van der Waals surface area (Å²) < 4.78 is 6.02. The van der Waals surface area contributed by atoms with Gasteiger partial charge in [-0.2, -0.15) is 0 Å². The van der Waals surface area contributed by atoms with Crippen LogP contribution in [0, 0.1) is 0 Å². The molecule has 0 unspecified atom stereocenters. The van der Waals surface area contributed by atoms with E-state index in [1.165, 1.54) is 0 Å². The van der Waals surface area contributed by atoms with Crippen LogP contribution < -0.4 is 15.8 Å². The van der Waals surface area contributed by atoms with Crippen LogP contribution >= 0.6 is 15.9 Å². The number of nitrogens with two attached hydrogens (primary N) is 1. The molecule has 3 rings (SSSR count). The molecule has 0 fully saturated rings. The maximum absolute atomic E-state index is 6.06. The highest BCUT2D eigenvalue weighted by atomic mass is 79.9. The predicted molar refractivity (Wildman–Crippen MR) is 87.9 cm³/mol. The van der Waals surface area contributed by atoms with Gasteiger partial charge >= 0.3 is 0 Å². The quantitative estimate of drug-likeness (QED) is 0.757. The zero-order valence-electron chi connectivity index (χ0n) is 11.3. The Morgan fingerprint density at radius 2 is 2.00 bits per heavy atom. The normalized spacial score (nSPS) is 10.6. The van der Waals surface area contributed by atoms with Gasteiger partial charge in [0.2, 0.25) is 5.88 Å². The van der Waals surface area contributed by atoms with E-state index in [1.807, 2.05) is 24.3 Å². The van der Waals surface area contributed by atoms with E-state index in [4.69, 9.17) is 10.5 Å². The third-order valence-electron chi connectivity index (χ3n) is 3.07. The summed E-state index contributed by atoms with van der Waals surface area (Å²) in [5.74, 6) is 0.566. The standard InChI is InChI=1S/C15H13BrN4O/c1-21-14-5-3-10(7-19-14)20-15-11-6-9(16)2-4-13(11)18-8-12(15)17/h2-8H,17H2,1H3,(H,18,20). The lowest BCUT2D eigenvalue weighted by Crippen LogP contribution is -1.99. The van der Waals surface area contributed by atoms with Crippen LogP contribution in [0.4, 0.5) is 17.1 Å². The molecule has 6 heteroatoms. The fourth-order valence-electron chi connectivity index (χ4n) is 2.04. The van der Waals surface area contributed by atoms with Gasteiger partial charge in [-0.05, 0) is 24.3 Å². The topological polar surface area (TPSA) is 73.1 Å². The highest BCUT2D eigenvalue weighted by molar-refractivity contribution is 9.10. The minimum absolute atomic E-state index is 0.566. The second kappa shape index (κ2) is 5.57. The number of nitrogens with zero attached hydrogens (tertiary/aromatic N) is 2. The Balaban J connectivity index is 2.06. The molecule has 3 aromatic rings. The van der Waals surface area contributed by atoms with Crippen LogP contribution in [0.1, 0.15) is 0 Å². The minimum atomic E-state index is 0.566. The van der Waals surface area contributed by atoms with Crippen molar-refractivity contribution in [3.05, 3.63) is 47.2 Å². The molecule has 2 heterocycles. The number of ether oxygens (including phenoxy) is 1. The number of anilines is 3. The maximum Gasteiger partial charge on any atom is 0.213 e. The molecule has 0 bridgehead atoms. The van der Waals surface area contributed by atoms with Crippen LogP contribution in [0.2, 0.25) is 0 Å². The van der Waals surface area contributed by atoms with Crippen molar-refractivity contribution in [1.82, 2.24) is 9.97 Å². The van der Waals surface area contributed by atoms with Gasteiger partial charge in [-0.1, -0.05) is 15.9 Å². The number of pyridine rings is 2. The zero-order chi connectivity index (χ0) is 14.8. The van der Waals surface area contributed by atoms with Crippen molar-refractivity contribution in [2.45, 2.75) is 0 Å². The summed E-state index contributed by atoms with van der Waals surface area (Å²) in [6.45, 7) is 0. The molecule has 2 aromatic heterocycles. The van der Waals surface area contributed by atoms with Gasteiger partial charge in [0, 0.05) is 15.9 Å². The summed E-state index contributed by atoms with van der Waals surface area (Å²) in [7, 11) is 1.58. The number of nitrogens with one attached hydrogen (secondary N) is 1. The van der Waals surface area contributed by atoms with Gasteiger partial charge in [-0.25, -0.2) is 4.98 Å². The maximum atomic E-state index is 6.06. The first-order valence-corrected chi connectivity index (χ1v) is 7.07. The Morgan fingerprint density at radius 1 is 1.14 bits per heavy atom. The van der Waals surface area contributed by atoms with Gasteiger partial charge in [0.25, 0.3) is 0 Å². The Labute approximate surface area is 130 Å². The molecule has 3 N–H and O–H groups in total. The number of rotatable bonds is 3. The molecule has 0 aliphatic carbocycles. The largest absolute Gasteiger partial charge is 0.481 e. The average Bonchev–Trinajstić information content (AvgIpc) is 2.51. The third kappa shape index (κ3) is 2.75. The average molecular weight is 345 g/mol. The second-order valence-corrected chi connectivity index (χ2v) is 5.38. The summed E-state index contributed by atoms with van der Waals surface area (Å²) >= 11 is 3.47. The van der Waals surface area contributed by atoms with E-state index in [2.05, 4.69) is 31.2 Å². The number of hydrogen-bond donors (Lipinski definition) is 2. The Hall–Kier alpha value is -2.34. The monoisotopic (exact) mass is 344 g/mol. The van der Waals surface area contributed by atoms with Crippen LogP contribution in [0.3, 0.4) is 0 Å². The van der Waals surface area contributed by atoms with Crippen LogP contribution in [-0.2, 0) is 0 Å². The van der Waals surface area contributed by atoms with E-state index in [1.54, 1.807) is 25.6 Å². The Bertz CT molecular complexity index is 784. The second-order valence-electron chi connectivity index (χ2n) is 4.46. The molecular formula is C15H13BrN4O. The Kier molecular flexibility index (Phi) is 3.62. The summed E-state index contributed by atoms with van der Waals surface area (Å²) in [6.07, 6.45) is 3.35. The number of fused-ring (bicyclic) bond motifs is 1. The van der Waals surface area contributed by atoms with E-state index in [0.29, 0.717) is 11.6 Å². The molecule has 0 amide bonds. The molecule has 0 spiro atoms. The lowest BCUT2D eigenvalue weighted by molar-refractivity contribution is 0.398. The van der Waals surface area contributed by atoms with E-state index in [-0.39, 0.29) is 0 Å². The minimum Gasteiger partial charge on any atom is -0.481 e. The van der Waals surface area contributed by atoms with Crippen LogP contribution in [0.25, 0.3) is 10.9 Å². The van der Waals surface area contributed by atoms with Crippen molar-refractivity contribution in [3.8, 4) is 5.88 Å². The van der Waals surface area contributed by atoms with Crippen molar-refractivity contribution >= 4 is 43.9 Å². The zero-order valence-corrected chi connectivity index (χ0v) is 12.9. The summed E-state index contributed by atoms with van der Waals surface area (Å²) in [4.78, 5) is 8.50. The van der Waals surface area contributed by atoms with E-state index in [9.17, 15) is 0 Å². The highest BCUT2D eigenvalue weighted by Gasteiger charge is 2.08. The van der Waals surface area contributed by atoms with Gasteiger partial charge < -0.3 is 15.8 Å². The van der Waals surface area contributed by atoms with E-state index < -0.39 is 0 Å². The molecule has 0 aliphatic rings. The first-order valence-electron chi connectivity index (χ1n) is 6.28. The molecule has 0 radical (unpaired) electrons. The van der Waals surface area contributed by atoms with Crippen molar-refractivity contribution in [3.63, 3.8) is 0 Å². The summed E-state index contributed by atoms with van der Waals surface area (Å²) in [6, 6.07) is 9.55. The third-order valence-corrected chi connectivity index (χ3v) is 3.57. The lowest BCUT2D eigenvalue weighted by atomic mass is 10.1. The molecule has 5 nitrogen and oxygen atoms in total. The van der Waals surface area contributed by atoms with Gasteiger partial charge in [0.05, 0.1) is 42.1 Å². The number of halogens is 1. The lowest BCUT2D eigenvalue weighted by Gasteiger charge is -2.12. The number of nitrogen functional groups attached to an aromatic ring is 1.